The Morgan fingerprint density at radius 3 is 1.93 bits per heavy atom. The van der Waals surface area contributed by atoms with E-state index in [0.29, 0.717) is 29.9 Å². The topological polar surface area (TPSA) is 55.4 Å². The molecular weight excluding hydrogens is 371 g/mol. The summed E-state index contributed by atoms with van der Waals surface area (Å²) < 4.78 is 42.3. The smallest absolute Gasteiger partial charge is 0.391 e. The first kappa shape index (κ1) is 24.2. The summed E-state index contributed by atoms with van der Waals surface area (Å²) in [5.41, 5.74) is 0.882. The fraction of sp³-hybridized carbons (Fsp3) is 0.714. The van der Waals surface area contributed by atoms with E-state index in [-0.39, 0.29) is 36.9 Å². The molecule has 0 aliphatic heterocycles. The van der Waals surface area contributed by atoms with E-state index in [2.05, 4.69) is 25.4 Å². The third kappa shape index (κ3) is 8.48. The monoisotopic (exact) mass is 403 g/mol. The van der Waals surface area contributed by atoms with Gasteiger partial charge in [0.05, 0.1) is 5.92 Å². The maximum absolute atomic E-state index is 12.4. The number of halogens is 3. The fourth-order valence-electron chi connectivity index (χ4n) is 3.39. The van der Waals surface area contributed by atoms with Gasteiger partial charge < -0.3 is 10.1 Å². The van der Waals surface area contributed by atoms with Crippen LogP contribution in [0.25, 0.3) is 0 Å². The second kappa shape index (κ2) is 10.7. The van der Waals surface area contributed by atoms with E-state index in [4.69, 9.17) is 4.74 Å². The van der Waals surface area contributed by atoms with Crippen molar-refractivity contribution >= 4 is 11.9 Å². The molecule has 2 atom stereocenters. The summed E-state index contributed by atoms with van der Waals surface area (Å²) in [6, 6.07) is -0.136. The predicted molar refractivity (Wildman–Crippen MR) is 102 cm³/mol. The van der Waals surface area contributed by atoms with Crippen molar-refractivity contribution in [1.82, 2.24) is 5.32 Å². The highest BCUT2D eigenvalue weighted by molar-refractivity contribution is 5.92. The number of carbonyl (C=O) groups is 2. The fourth-order valence-corrected chi connectivity index (χ4v) is 3.39. The molecule has 4 nitrogen and oxygen atoms in total. The molecule has 2 rings (SSSR count). The summed E-state index contributed by atoms with van der Waals surface area (Å²) in [4.78, 5) is 22.3. The Bertz CT molecular complexity index is 578. The Labute approximate surface area is 165 Å². The second-order valence-corrected chi connectivity index (χ2v) is 8.07. The van der Waals surface area contributed by atoms with Crippen molar-refractivity contribution in [2.75, 3.05) is 0 Å². The van der Waals surface area contributed by atoms with E-state index in [1.807, 2.05) is 0 Å². The minimum absolute atomic E-state index is 0.102. The Balaban J connectivity index is 0.000000292. The van der Waals surface area contributed by atoms with Crippen LogP contribution < -0.4 is 5.32 Å². The summed E-state index contributed by atoms with van der Waals surface area (Å²) >= 11 is 0. The zero-order valence-corrected chi connectivity index (χ0v) is 17.0. The average molecular weight is 403 g/mol. The van der Waals surface area contributed by atoms with Crippen molar-refractivity contribution in [1.29, 1.82) is 0 Å². The largest absolute Gasteiger partial charge is 0.459 e. The van der Waals surface area contributed by atoms with Gasteiger partial charge in [-0.3, -0.25) is 4.79 Å². The molecule has 0 aromatic carbocycles. The van der Waals surface area contributed by atoms with Gasteiger partial charge in [-0.2, -0.15) is 13.2 Å². The maximum atomic E-state index is 12.4. The molecule has 160 valence electrons. The molecule has 0 heterocycles. The molecule has 0 bridgehead atoms. The molecule has 2 saturated carbocycles. The van der Waals surface area contributed by atoms with E-state index in [1.54, 1.807) is 13.8 Å². The van der Waals surface area contributed by atoms with Gasteiger partial charge in [0, 0.05) is 17.2 Å². The van der Waals surface area contributed by atoms with Gasteiger partial charge in [0.1, 0.15) is 6.10 Å². The number of alkyl halides is 3. The first-order valence-corrected chi connectivity index (χ1v) is 9.79. The number of hydrogen-bond acceptors (Lipinski definition) is 3. The SMILES string of the molecule is C=C(C)C(=O)NC1CCC(C(F)(F)F)CC1.C=C(C)C(=O)OC1CCC(C)C1. The zero-order chi connectivity index (χ0) is 21.5. The summed E-state index contributed by atoms with van der Waals surface area (Å²) in [5, 5.41) is 2.68. The molecule has 2 fully saturated rings. The average Bonchev–Trinajstić information content (AvgIpc) is 2.99. The van der Waals surface area contributed by atoms with Crippen LogP contribution in [-0.4, -0.2) is 30.2 Å². The lowest BCUT2D eigenvalue weighted by atomic mass is 9.85. The minimum atomic E-state index is -4.09. The summed E-state index contributed by atoms with van der Waals surface area (Å²) in [6.45, 7) is 12.5. The van der Waals surface area contributed by atoms with Crippen LogP contribution in [0.4, 0.5) is 13.2 Å². The molecule has 28 heavy (non-hydrogen) atoms. The molecular formula is C21H32F3NO3. The van der Waals surface area contributed by atoms with Crippen LogP contribution in [0.5, 0.6) is 0 Å². The third-order valence-corrected chi connectivity index (χ3v) is 5.18. The first-order chi connectivity index (χ1) is 12.9. The Morgan fingerprint density at radius 2 is 1.54 bits per heavy atom. The maximum Gasteiger partial charge on any atom is 0.391 e. The van der Waals surface area contributed by atoms with Crippen LogP contribution >= 0.6 is 0 Å². The number of rotatable bonds is 4. The summed E-state index contributed by atoms with van der Waals surface area (Å²) in [6.07, 6.45) is 0.238. The van der Waals surface area contributed by atoms with Gasteiger partial charge in [-0.1, -0.05) is 20.1 Å². The highest BCUT2D eigenvalue weighted by atomic mass is 19.4. The molecule has 0 spiro atoms. The number of amides is 1. The van der Waals surface area contributed by atoms with Crippen molar-refractivity contribution in [2.45, 2.75) is 84.0 Å². The highest BCUT2D eigenvalue weighted by Gasteiger charge is 2.41. The number of hydrogen-bond donors (Lipinski definition) is 1. The van der Waals surface area contributed by atoms with Gasteiger partial charge in [-0.05, 0) is 64.7 Å². The highest BCUT2D eigenvalue weighted by Crippen LogP contribution is 2.37. The zero-order valence-electron chi connectivity index (χ0n) is 17.0. The van der Waals surface area contributed by atoms with Crippen LogP contribution in [0.15, 0.2) is 24.3 Å². The van der Waals surface area contributed by atoms with E-state index in [0.717, 1.165) is 12.8 Å². The van der Waals surface area contributed by atoms with E-state index in [1.165, 1.54) is 6.42 Å². The lowest BCUT2D eigenvalue weighted by Gasteiger charge is -2.30. The van der Waals surface area contributed by atoms with Crippen molar-refractivity contribution in [3.8, 4) is 0 Å². The van der Waals surface area contributed by atoms with Gasteiger partial charge in [0.2, 0.25) is 5.91 Å². The molecule has 2 aliphatic carbocycles. The van der Waals surface area contributed by atoms with Gasteiger partial charge in [0.25, 0.3) is 0 Å². The van der Waals surface area contributed by atoms with E-state index >= 15 is 0 Å². The normalized spacial score (nSPS) is 27.2. The lowest BCUT2D eigenvalue weighted by Crippen LogP contribution is -2.40. The van der Waals surface area contributed by atoms with Crippen LogP contribution in [-0.2, 0) is 14.3 Å². The molecule has 1 amide bonds. The Hall–Kier alpha value is -1.79. The Morgan fingerprint density at radius 1 is 0.964 bits per heavy atom. The van der Waals surface area contributed by atoms with Gasteiger partial charge in [-0.15, -0.1) is 0 Å². The summed E-state index contributed by atoms with van der Waals surface area (Å²) in [7, 11) is 0. The second-order valence-electron chi connectivity index (χ2n) is 8.07. The van der Waals surface area contributed by atoms with Crippen LogP contribution in [0.1, 0.15) is 65.7 Å². The number of carbonyl (C=O) groups excluding carboxylic acids is 2. The molecule has 1 N–H and O–H groups in total. The number of ether oxygens (including phenoxy) is 1. The van der Waals surface area contributed by atoms with Gasteiger partial charge in [-0.25, -0.2) is 4.79 Å². The summed E-state index contributed by atoms with van der Waals surface area (Å²) in [5.74, 6) is -1.01. The lowest BCUT2D eigenvalue weighted by molar-refractivity contribution is -0.182. The van der Waals surface area contributed by atoms with Crippen LogP contribution in [0.2, 0.25) is 0 Å². The standard InChI is InChI=1S/C11H16F3NO.C10H16O2/c1-7(2)10(16)15-9-5-3-8(4-6-9)11(12,13)14;1-7(2)10(11)12-9-5-4-8(3)6-9/h8-9H,1,3-6H2,2H3,(H,15,16);8-9H,1,4-6H2,2-3H3. The van der Waals surface area contributed by atoms with Crippen LogP contribution in [0.3, 0.4) is 0 Å². The molecule has 0 radical (unpaired) electrons. The third-order valence-electron chi connectivity index (χ3n) is 5.18. The van der Waals surface area contributed by atoms with Crippen LogP contribution in [0, 0.1) is 11.8 Å². The van der Waals surface area contributed by atoms with E-state index in [9.17, 15) is 22.8 Å². The van der Waals surface area contributed by atoms with Gasteiger partial charge in [0.15, 0.2) is 0 Å². The predicted octanol–water partition coefficient (Wildman–Crippen LogP) is 5.09. The molecule has 2 aliphatic rings. The van der Waals surface area contributed by atoms with Crippen molar-refractivity contribution in [3.63, 3.8) is 0 Å². The molecule has 0 aromatic rings. The molecule has 2 unspecified atom stereocenters. The minimum Gasteiger partial charge on any atom is -0.459 e. The quantitative estimate of drug-likeness (QED) is 0.525. The van der Waals surface area contributed by atoms with Crippen molar-refractivity contribution in [2.24, 2.45) is 11.8 Å². The number of esters is 1. The van der Waals surface area contributed by atoms with Crippen molar-refractivity contribution in [3.05, 3.63) is 24.3 Å². The van der Waals surface area contributed by atoms with Gasteiger partial charge >= 0.3 is 12.1 Å². The molecule has 0 aromatic heterocycles. The van der Waals surface area contributed by atoms with E-state index < -0.39 is 12.1 Å². The molecule has 0 saturated heterocycles. The van der Waals surface area contributed by atoms with Crippen molar-refractivity contribution < 1.29 is 27.5 Å². The molecule has 7 heteroatoms. The Kier molecular flexibility index (Phi) is 9.24. The number of nitrogens with one attached hydrogen (secondary N) is 1. The first-order valence-electron chi connectivity index (χ1n) is 9.79.